The summed E-state index contributed by atoms with van der Waals surface area (Å²) in [4.78, 5) is 9.13. The van der Waals surface area contributed by atoms with Gasteiger partial charge in [-0.3, -0.25) is 4.90 Å². The molecule has 22 heavy (non-hydrogen) atoms. The SMILES string of the molecule is CN(C)C[C@H]1CN(Cc2ccc(F)cc2)Cc2nccn2C1. The van der Waals surface area contributed by atoms with Crippen molar-refractivity contribution in [1.82, 2.24) is 19.4 Å². The lowest BCUT2D eigenvalue weighted by Gasteiger charge is -2.25. The van der Waals surface area contributed by atoms with E-state index in [9.17, 15) is 4.39 Å². The topological polar surface area (TPSA) is 24.3 Å². The van der Waals surface area contributed by atoms with Gasteiger partial charge in [-0.15, -0.1) is 0 Å². The molecule has 0 N–H and O–H groups in total. The van der Waals surface area contributed by atoms with Crippen LogP contribution in [0.2, 0.25) is 0 Å². The van der Waals surface area contributed by atoms with Gasteiger partial charge in [-0.25, -0.2) is 9.37 Å². The number of halogens is 1. The lowest BCUT2D eigenvalue weighted by atomic mass is 10.1. The van der Waals surface area contributed by atoms with Crippen molar-refractivity contribution in [1.29, 1.82) is 0 Å². The summed E-state index contributed by atoms with van der Waals surface area (Å²) in [6, 6.07) is 6.80. The molecule has 3 rings (SSSR count). The van der Waals surface area contributed by atoms with E-state index in [1.165, 1.54) is 12.1 Å². The van der Waals surface area contributed by atoms with Crippen molar-refractivity contribution in [2.24, 2.45) is 5.92 Å². The van der Waals surface area contributed by atoms with Crippen LogP contribution in [-0.2, 0) is 19.6 Å². The van der Waals surface area contributed by atoms with Crippen LogP contribution in [-0.4, -0.2) is 46.5 Å². The molecule has 0 spiro atoms. The molecule has 2 aromatic rings. The second-order valence-corrected chi connectivity index (χ2v) is 6.42. The van der Waals surface area contributed by atoms with E-state index in [-0.39, 0.29) is 5.82 Å². The fraction of sp³-hybridized carbons (Fsp3) is 0.471. The molecule has 0 radical (unpaired) electrons. The van der Waals surface area contributed by atoms with Gasteiger partial charge in [-0.1, -0.05) is 12.1 Å². The molecular formula is C17H23FN4. The molecule has 0 fully saturated rings. The fourth-order valence-corrected chi connectivity index (χ4v) is 3.22. The molecule has 1 atom stereocenters. The van der Waals surface area contributed by atoms with Gasteiger partial charge in [0.05, 0.1) is 6.54 Å². The Bertz CT molecular complexity index is 605. The number of fused-ring (bicyclic) bond motifs is 1. The van der Waals surface area contributed by atoms with Gasteiger partial charge in [-0.05, 0) is 31.8 Å². The Hall–Kier alpha value is -1.72. The van der Waals surface area contributed by atoms with Gasteiger partial charge in [0, 0.05) is 44.5 Å². The lowest BCUT2D eigenvalue weighted by Crippen LogP contribution is -2.33. The number of imidazole rings is 1. The summed E-state index contributed by atoms with van der Waals surface area (Å²) in [5.41, 5.74) is 1.14. The van der Waals surface area contributed by atoms with Crippen molar-refractivity contribution >= 4 is 0 Å². The predicted molar refractivity (Wildman–Crippen MR) is 84.8 cm³/mol. The first-order valence-corrected chi connectivity index (χ1v) is 7.71. The molecule has 0 bridgehead atoms. The second-order valence-electron chi connectivity index (χ2n) is 6.42. The standard InChI is InChI=1S/C17H23FN4/c1-20(2)9-15-11-21(10-14-3-5-16(18)6-4-14)13-17-19-7-8-22(17)12-15/h3-8,15H,9-13H2,1-2H3/t15-/m0/s1. The Morgan fingerprint density at radius 3 is 2.73 bits per heavy atom. The van der Waals surface area contributed by atoms with Crippen molar-refractivity contribution in [2.45, 2.75) is 19.6 Å². The lowest BCUT2D eigenvalue weighted by molar-refractivity contribution is 0.194. The highest BCUT2D eigenvalue weighted by molar-refractivity contribution is 5.16. The Morgan fingerprint density at radius 1 is 1.23 bits per heavy atom. The first-order chi connectivity index (χ1) is 10.6. The average Bonchev–Trinajstić information content (AvgIpc) is 2.81. The zero-order chi connectivity index (χ0) is 15.5. The molecule has 0 saturated heterocycles. The van der Waals surface area contributed by atoms with Gasteiger partial charge in [0.2, 0.25) is 0 Å². The molecule has 0 unspecified atom stereocenters. The minimum absolute atomic E-state index is 0.180. The highest BCUT2D eigenvalue weighted by Gasteiger charge is 2.22. The molecule has 0 aliphatic carbocycles. The number of benzene rings is 1. The summed E-state index contributed by atoms with van der Waals surface area (Å²) >= 11 is 0. The van der Waals surface area contributed by atoms with Gasteiger partial charge >= 0.3 is 0 Å². The second kappa shape index (κ2) is 6.58. The van der Waals surface area contributed by atoms with E-state index in [0.29, 0.717) is 5.92 Å². The Kier molecular flexibility index (Phi) is 4.55. The Morgan fingerprint density at radius 2 is 2.00 bits per heavy atom. The fourth-order valence-electron chi connectivity index (χ4n) is 3.22. The normalized spacial score (nSPS) is 19.2. The predicted octanol–water partition coefficient (Wildman–Crippen LogP) is 2.22. The monoisotopic (exact) mass is 302 g/mol. The first kappa shape index (κ1) is 15.2. The van der Waals surface area contributed by atoms with Crippen LogP contribution in [0, 0.1) is 11.7 Å². The van der Waals surface area contributed by atoms with Crippen LogP contribution in [0.15, 0.2) is 36.7 Å². The van der Waals surface area contributed by atoms with E-state index in [4.69, 9.17) is 0 Å². The van der Waals surface area contributed by atoms with Crippen LogP contribution in [0.3, 0.4) is 0 Å². The van der Waals surface area contributed by atoms with E-state index in [0.717, 1.165) is 44.1 Å². The molecule has 1 aromatic heterocycles. The molecular weight excluding hydrogens is 279 g/mol. The minimum atomic E-state index is -0.180. The number of nitrogens with zero attached hydrogens (tertiary/aromatic N) is 4. The number of hydrogen-bond donors (Lipinski definition) is 0. The van der Waals surface area contributed by atoms with Crippen LogP contribution in [0.4, 0.5) is 4.39 Å². The van der Waals surface area contributed by atoms with E-state index in [1.807, 2.05) is 18.3 Å². The van der Waals surface area contributed by atoms with Crippen molar-refractivity contribution in [3.63, 3.8) is 0 Å². The van der Waals surface area contributed by atoms with Crippen LogP contribution < -0.4 is 0 Å². The van der Waals surface area contributed by atoms with Crippen LogP contribution in [0.25, 0.3) is 0 Å². The summed E-state index contributed by atoms with van der Waals surface area (Å²) in [6.45, 7) is 4.76. The largest absolute Gasteiger partial charge is 0.333 e. The summed E-state index contributed by atoms with van der Waals surface area (Å²) in [5, 5.41) is 0. The third kappa shape index (κ3) is 3.72. The maximum absolute atomic E-state index is 13.1. The molecule has 1 aliphatic heterocycles. The number of rotatable bonds is 4. The summed E-state index contributed by atoms with van der Waals surface area (Å²) in [6.07, 6.45) is 3.95. The van der Waals surface area contributed by atoms with E-state index < -0.39 is 0 Å². The smallest absolute Gasteiger partial charge is 0.123 e. The molecule has 5 heteroatoms. The van der Waals surface area contributed by atoms with Crippen LogP contribution >= 0.6 is 0 Å². The average molecular weight is 302 g/mol. The van der Waals surface area contributed by atoms with Gasteiger partial charge in [0.25, 0.3) is 0 Å². The maximum Gasteiger partial charge on any atom is 0.123 e. The van der Waals surface area contributed by atoms with Crippen LogP contribution in [0.1, 0.15) is 11.4 Å². The minimum Gasteiger partial charge on any atom is -0.333 e. The van der Waals surface area contributed by atoms with Crippen molar-refractivity contribution < 1.29 is 4.39 Å². The van der Waals surface area contributed by atoms with Gasteiger partial charge < -0.3 is 9.47 Å². The summed E-state index contributed by atoms with van der Waals surface area (Å²) in [5.74, 6) is 1.50. The van der Waals surface area contributed by atoms with Gasteiger partial charge in [0.15, 0.2) is 0 Å². The molecule has 2 heterocycles. The summed E-state index contributed by atoms with van der Waals surface area (Å²) in [7, 11) is 4.23. The van der Waals surface area contributed by atoms with E-state index >= 15 is 0 Å². The van der Waals surface area contributed by atoms with Crippen molar-refractivity contribution in [3.05, 3.63) is 53.9 Å². The summed E-state index contributed by atoms with van der Waals surface area (Å²) < 4.78 is 15.3. The van der Waals surface area contributed by atoms with Gasteiger partial charge in [-0.2, -0.15) is 0 Å². The van der Waals surface area contributed by atoms with E-state index in [2.05, 4.69) is 39.6 Å². The zero-order valence-electron chi connectivity index (χ0n) is 13.2. The maximum atomic E-state index is 13.1. The first-order valence-electron chi connectivity index (χ1n) is 7.71. The third-order valence-electron chi connectivity index (χ3n) is 4.08. The van der Waals surface area contributed by atoms with E-state index in [1.54, 1.807) is 0 Å². The van der Waals surface area contributed by atoms with Gasteiger partial charge in [0.1, 0.15) is 11.6 Å². The Balaban J connectivity index is 1.76. The molecule has 0 saturated carbocycles. The van der Waals surface area contributed by atoms with Crippen molar-refractivity contribution in [3.8, 4) is 0 Å². The number of aromatic nitrogens is 2. The molecule has 0 amide bonds. The molecule has 1 aliphatic rings. The van der Waals surface area contributed by atoms with Crippen LogP contribution in [0.5, 0.6) is 0 Å². The third-order valence-corrected chi connectivity index (χ3v) is 4.08. The zero-order valence-corrected chi connectivity index (χ0v) is 13.2. The highest BCUT2D eigenvalue weighted by atomic mass is 19.1. The molecule has 4 nitrogen and oxygen atoms in total. The number of hydrogen-bond acceptors (Lipinski definition) is 3. The quantitative estimate of drug-likeness (QED) is 0.865. The molecule has 1 aromatic carbocycles. The van der Waals surface area contributed by atoms with Crippen molar-refractivity contribution in [2.75, 3.05) is 27.2 Å². The highest BCUT2D eigenvalue weighted by Crippen LogP contribution is 2.18. The molecule has 118 valence electrons. The Labute approximate surface area is 131 Å².